The first-order valence-electron chi connectivity index (χ1n) is 5.62. The number of hydrogen-bond donors (Lipinski definition) is 0. The molecule has 0 fully saturated rings. The Balaban J connectivity index is 2.23. The van der Waals surface area contributed by atoms with Crippen LogP contribution in [-0.4, -0.2) is 5.97 Å². The molecule has 0 bridgehead atoms. The van der Waals surface area contributed by atoms with Gasteiger partial charge in [0.15, 0.2) is 6.10 Å². The number of halogens is 1. The van der Waals surface area contributed by atoms with Crippen molar-refractivity contribution in [3.05, 3.63) is 47.8 Å². The highest BCUT2D eigenvalue weighted by atomic mass is 19.1. The molecule has 1 aliphatic heterocycles. The molecule has 0 unspecified atom stereocenters. The van der Waals surface area contributed by atoms with Gasteiger partial charge in [0.05, 0.1) is 5.57 Å². The first-order chi connectivity index (χ1) is 8.08. The number of benzene rings is 1. The SMILES string of the molecule is CC(C)[C]1CC=C(c2ccc(F)cc2)C(=O)O1. The highest BCUT2D eigenvalue weighted by molar-refractivity contribution is 6.17. The fourth-order valence-corrected chi connectivity index (χ4v) is 1.72. The number of carbonyl (C=O) groups excluding carboxylic acids is 1. The highest BCUT2D eigenvalue weighted by Crippen LogP contribution is 2.30. The number of cyclic esters (lactones) is 1. The molecule has 2 nitrogen and oxygen atoms in total. The van der Waals surface area contributed by atoms with Gasteiger partial charge in [-0.1, -0.05) is 32.1 Å². The summed E-state index contributed by atoms with van der Waals surface area (Å²) in [4.78, 5) is 11.8. The maximum absolute atomic E-state index is 12.8. The van der Waals surface area contributed by atoms with Crippen LogP contribution in [0.1, 0.15) is 25.8 Å². The summed E-state index contributed by atoms with van der Waals surface area (Å²) in [6, 6.07) is 5.85. The molecule has 0 saturated heterocycles. The van der Waals surface area contributed by atoms with Gasteiger partial charge in [-0.05, 0) is 23.6 Å². The lowest BCUT2D eigenvalue weighted by molar-refractivity contribution is -0.137. The Morgan fingerprint density at radius 1 is 1.24 bits per heavy atom. The van der Waals surface area contributed by atoms with E-state index in [1.54, 1.807) is 12.1 Å². The van der Waals surface area contributed by atoms with Crippen molar-refractivity contribution in [3.8, 4) is 0 Å². The molecule has 1 aromatic carbocycles. The van der Waals surface area contributed by atoms with Crippen LogP contribution in [0.4, 0.5) is 4.39 Å². The molecule has 89 valence electrons. The molecule has 0 atom stereocenters. The second-order valence-corrected chi connectivity index (χ2v) is 4.34. The van der Waals surface area contributed by atoms with E-state index in [4.69, 9.17) is 4.74 Å². The summed E-state index contributed by atoms with van der Waals surface area (Å²) >= 11 is 0. The molecule has 3 heteroatoms. The van der Waals surface area contributed by atoms with Gasteiger partial charge >= 0.3 is 5.97 Å². The van der Waals surface area contributed by atoms with Crippen molar-refractivity contribution in [1.82, 2.24) is 0 Å². The predicted molar refractivity (Wildman–Crippen MR) is 63.2 cm³/mol. The van der Waals surface area contributed by atoms with E-state index in [9.17, 15) is 9.18 Å². The molecule has 0 amide bonds. The van der Waals surface area contributed by atoms with Gasteiger partial charge in [0.2, 0.25) is 0 Å². The van der Waals surface area contributed by atoms with E-state index in [1.807, 2.05) is 19.9 Å². The zero-order chi connectivity index (χ0) is 12.4. The Morgan fingerprint density at radius 3 is 2.41 bits per heavy atom. The van der Waals surface area contributed by atoms with Crippen LogP contribution in [0.3, 0.4) is 0 Å². The second kappa shape index (κ2) is 4.70. The summed E-state index contributed by atoms with van der Waals surface area (Å²) in [6.45, 7) is 3.97. The van der Waals surface area contributed by atoms with Crippen LogP contribution in [-0.2, 0) is 9.53 Å². The molecule has 0 N–H and O–H groups in total. The lowest BCUT2D eigenvalue weighted by atomic mass is 9.96. The number of carbonyl (C=O) groups is 1. The van der Waals surface area contributed by atoms with Crippen molar-refractivity contribution >= 4 is 11.5 Å². The van der Waals surface area contributed by atoms with Gasteiger partial charge in [-0.2, -0.15) is 0 Å². The van der Waals surface area contributed by atoms with Crippen LogP contribution in [0.2, 0.25) is 0 Å². The van der Waals surface area contributed by atoms with Gasteiger partial charge in [-0.15, -0.1) is 0 Å². The molecular weight excluding hydrogens is 219 g/mol. The number of rotatable bonds is 2. The van der Waals surface area contributed by atoms with Crippen molar-refractivity contribution in [2.24, 2.45) is 5.92 Å². The lowest BCUT2D eigenvalue weighted by Gasteiger charge is -2.23. The highest BCUT2D eigenvalue weighted by Gasteiger charge is 2.27. The van der Waals surface area contributed by atoms with Gasteiger partial charge in [0.25, 0.3) is 0 Å². The summed E-state index contributed by atoms with van der Waals surface area (Å²) in [6.07, 6.45) is 3.26. The van der Waals surface area contributed by atoms with Gasteiger partial charge < -0.3 is 4.74 Å². The molecule has 0 aliphatic carbocycles. The van der Waals surface area contributed by atoms with E-state index in [2.05, 4.69) is 0 Å². The fraction of sp³-hybridized carbons (Fsp3) is 0.286. The summed E-state index contributed by atoms with van der Waals surface area (Å²) < 4.78 is 18.0. The predicted octanol–water partition coefficient (Wildman–Crippen LogP) is 3.34. The number of ether oxygens (including phenoxy) is 1. The Labute approximate surface area is 100 Å². The Bertz CT molecular complexity index is 446. The number of hydrogen-bond acceptors (Lipinski definition) is 2. The van der Waals surface area contributed by atoms with Crippen LogP contribution < -0.4 is 0 Å². The fourth-order valence-electron chi connectivity index (χ4n) is 1.72. The molecule has 0 spiro atoms. The zero-order valence-electron chi connectivity index (χ0n) is 9.87. The third kappa shape index (κ3) is 2.54. The summed E-state index contributed by atoms with van der Waals surface area (Å²) in [7, 11) is 0. The average molecular weight is 233 g/mol. The second-order valence-electron chi connectivity index (χ2n) is 4.34. The first kappa shape index (κ1) is 11.8. The minimum Gasteiger partial charge on any atom is -0.451 e. The van der Waals surface area contributed by atoms with E-state index < -0.39 is 0 Å². The van der Waals surface area contributed by atoms with Gasteiger partial charge in [0.1, 0.15) is 5.82 Å². The van der Waals surface area contributed by atoms with E-state index in [0.29, 0.717) is 17.6 Å². The quantitative estimate of drug-likeness (QED) is 0.732. The topological polar surface area (TPSA) is 26.3 Å². The van der Waals surface area contributed by atoms with Crippen LogP contribution >= 0.6 is 0 Å². The van der Waals surface area contributed by atoms with Crippen LogP contribution in [0, 0.1) is 17.8 Å². The molecule has 1 heterocycles. The standard InChI is InChI=1S/C14H14FO2/c1-9(2)13-8-7-12(14(16)17-13)10-3-5-11(15)6-4-10/h3-7,9H,8H2,1-2H3. The molecule has 1 aliphatic rings. The largest absolute Gasteiger partial charge is 0.451 e. The van der Waals surface area contributed by atoms with Crippen molar-refractivity contribution in [1.29, 1.82) is 0 Å². The Kier molecular flexibility index (Phi) is 3.27. The molecule has 0 saturated carbocycles. The minimum absolute atomic E-state index is 0.227. The lowest BCUT2D eigenvalue weighted by Crippen LogP contribution is -2.20. The van der Waals surface area contributed by atoms with Gasteiger partial charge in [-0.25, -0.2) is 9.18 Å². The van der Waals surface area contributed by atoms with E-state index in [1.165, 1.54) is 12.1 Å². The van der Waals surface area contributed by atoms with Crippen molar-refractivity contribution in [2.75, 3.05) is 0 Å². The van der Waals surface area contributed by atoms with Gasteiger partial charge in [0, 0.05) is 6.42 Å². The van der Waals surface area contributed by atoms with E-state index >= 15 is 0 Å². The molecule has 2 rings (SSSR count). The van der Waals surface area contributed by atoms with Crippen molar-refractivity contribution < 1.29 is 13.9 Å². The van der Waals surface area contributed by atoms with E-state index in [-0.39, 0.29) is 17.7 Å². The van der Waals surface area contributed by atoms with Crippen LogP contribution in [0.5, 0.6) is 0 Å². The summed E-state index contributed by atoms with van der Waals surface area (Å²) in [5.41, 5.74) is 1.20. The average Bonchev–Trinajstić information content (AvgIpc) is 2.30. The molecule has 0 aromatic heterocycles. The van der Waals surface area contributed by atoms with Crippen molar-refractivity contribution in [2.45, 2.75) is 20.3 Å². The molecule has 17 heavy (non-hydrogen) atoms. The molecule has 1 radical (unpaired) electrons. The zero-order valence-corrected chi connectivity index (χ0v) is 9.87. The first-order valence-corrected chi connectivity index (χ1v) is 5.62. The number of esters is 1. The summed E-state index contributed by atoms with van der Waals surface area (Å²) in [5.74, 6) is -0.440. The van der Waals surface area contributed by atoms with Crippen molar-refractivity contribution in [3.63, 3.8) is 0 Å². The molecule has 1 aromatic rings. The normalized spacial score (nSPS) is 16.9. The Hall–Kier alpha value is -1.64. The maximum atomic E-state index is 12.8. The van der Waals surface area contributed by atoms with E-state index in [0.717, 1.165) is 6.10 Å². The third-order valence-electron chi connectivity index (χ3n) is 2.75. The monoisotopic (exact) mass is 233 g/mol. The summed E-state index contributed by atoms with van der Waals surface area (Å²) in [5, 5.41) is 0. The smallest absolute Gasteiger partial charge is 0.339 e. The van der Waals surface area contributed by atoms with Crippen LogP contribution in [0.25, 0.3) is 5.57 Å². The Morgan fingerprint density at radius 2 is 1.88 bits per heavy atom. The maximum Gasteiger partial charge on any atom is 0.339 e. The minimum atomic E-state index is -0.355. The molecular formula is C14H14FO2. The van der Waals surface area contributed by atoms with Gasteiger partial charge in [-0.3, -0.25) is 0 Å². The van der Waals surface area contributed by atoms with Crippen LogP contribution in [0.15, 0.2) is 30.3 Å². The third-order valence-corrected chi connectivity index (χ3v) is 2.75.